The van der Waals surface area contributed by atoms with E-state index in [1.807, 2.05) is 6.92 Å². The summed E-state index contributed by atoms with van der Waals surface area (Å²) in [6.45, 7) is 6.97. The summed E-state index contributed by atoms with van der Waals surface area (Å²) in [4.78, 5) is 0. The molecule has 2 aromatic carbocycles. The zero-order valence-corrected chi connectivity index (χ0v) is 32.1. The summed E-state index contributed by atoms with van der Waals surface area (Å²) in [7, 11) is 1.37. The Balaban J connectivity index is 0.000000198. The topological polar surface area (TPSA) is 18.5 Å². The summed E-state index contributed by atoms with van der Waals surface area (Å²) >= 11 is 0. The number of methoxy groups -OCH3 is 1. The maximum Gasteiger partial charge on any atom is 0.200 e. The summed E-state index contributed by atoms with van der Waals surface area (Å²) in [5.74, 6) is 2.54. The van der Waals surface area contributed by atoms with Gasteiger partial charge in [0.1, 0.15) is 0 Å². The third-order valence-electron chi connectivity index (χ3n) is 13.6. The van der Waals surface area contributed by atoms with Crippen molar-refractivity contribution in [2.24, 2.45) is 35.5 Å². The minimum atomic E-state index is -0.837. The predicted octanol–water partition coefficient (Wildman–Crippen LogP) is 14.1. The molecular formula is C45H66F4O2. The van der Waals surface area contributed by atoms with E-state index in [4.69, 9.17) is 9.47 Å². The fourth-order valence-corrected chi connectivity index (χ4v) is 10.4. The molecule has 0 amide bonds. The van der Waals surface area contributed by atoms with Crippen LogP contribution in [0.3, 0.4) is 0 Å². The minimum Gasteiger partial charge on any atom is -0.494 e. The Kier molecular flexibility index (Phi) is 15.5. The maximum absolute atomic E-state index is 14.6. The Bertz CT molecular complexity index is 1330. The lowest BCUT2D eigenvalue weighted by atomic mass is 9.68. The Morgan fingerprint density at radius 3 is 1.31 bits per heavy atom. The molecule has 2 nitrogen and oxygen atoms in total. The van der Waals surface area contributed by atoms with Crippen molar-refractivity contribution in [3.05, 3.63) is 58.7 Å². The number of hydrogen-bond donors (Lipinski definition) is 0. The van der Waals surface area contributed by atoms with Crippen LogP contribution in [0, 0.1) is 58.8 Å². The van der Waals surface area contributed by atoms with Gasteiger partial charge in [-0.15, -0.1) is 0 Å². The molecule has 6 rings (SSSR count). The van der Waals surface area contributed by atoms with Gasteiger partial charge in [-0.1, -0.05) is 77.8 Å². The highest BCUT2D eigenvalue weighted by molar-refractivity contribution is 5.34. The van der Waals surface area contributed by atoms with Crippen molar-refractivity contribution < 1.29 is 27.0 Å². The van der Waals surface area contributed by atoms with Gasteiger partial charge in [-0.25, -0.2) is 8.78 Å². The van der Waals surface area contributed by atoms with Crippen LogP contribution in [0.15, 0.2) is 24.3 Å². The highest BCUT2D eigenvalue weighted by Gasteiger charge is 2.34. The summed E-state index contributed by atoms with van der Waals surface area (Å²) in [6.07, 6.45) is 24.5. The molecular weight excluding hydrogens is 648 g/mol. The second-order valence-corrected chi connectivity index (χ2v) is 16.6. The SMILES string of the molecule is CCCC1CCC(C2CCC(c3ccc(OC)c(F)c3F)CC2)CC1.CCCOc1ccc(C2CCC(C3CCC(CC)CC3)CC2)c(F)c1F. The Hall–Kier alpha value is -2.24. The van der Waals surface area contributed by atoms with Crippen molar-refractivity contribution in [3.63, 3.8) is 0 Å². The van der Waals surface area contributed by atoms with Crippen LogP contribution in [-0.2, 0) is 0 Å². The van der Waals surface area contributed by atoms with Gasteiger partial charge in [0, 0.05) is 0 Å². The molecule has 0 aliphatic heterocycles. The number of rotatable bonds is 11. The van der Waals surface area contributed by atoms with Crippen LogP contribution in [-0.4, -0.2) is 13.7 Å². The van der Waals surface area contributed by atoms with Crippen LogP contribution in [0.2, 0.25) is 0 Å². The molecule has 0 heterocycles. The first-order valence-electron chi connectivity index (χ1n) is 20.9. The zero-order valence-electron chi connectivity index (χ0n) is 32.1. The molecule has 0 unspecified atom stereocenters. The van der Waals surface area contributed by atoms with Crippen molar-refractivity contribution in [2.75, 3.05) is 13.7 Å². The van der Waals surface area contributed by atoms with Crippen LogP contribution in [0.4, 0.5) is 17.6 Å². The molecule has 2 aromatic rings. The highest BCUT2D eigenvalue weighted by Crippen LogP contribution is 2.47. The Morgan fingerprint density at radius 1 is 0.490 bits per heavy atom. The number of benzene rings is 2. The zero-order chi connectivity index (χ0) is 36.3. The highest BCUT2D eigenvalue weighted by atomic mass is 19.2. The van der Waals surface area contributed by atoms with Gasteiger partial charge in [0.25, 0.3) is 0 Å². The van der Waals surface area contributed by atoms with Crippen LogP contribution >= 0.6 is 0 Å². The smallest absolute Gasteiger partial charge is 0.200 e. The van der Waals surface area contributed by atoms with Crippen molar-refractivity contribution in [2.45, 2.75) is 161 Å². The normalized spacial score (nSPS) is 29.9. The molecule has 4 saturated carbocycles. The van der Waals surface area contributed by atoms with Crippen molar-refractivity contribution in [3.8, 4) is 11.5 Å². The van der Waals surface area contributed by atoms with E-state index in [1.165, 1.54) is 103 Å². The second kappa shape index (κ2) is 19.7. The van der Waals surface area contributed by atoms with Crippen molar-refractivity contribution in [1.82, 2.24) is 0 Å². The largest absolute Gasteiger partial charge is 0.494 e. The van der Waals surface area contributed by atoms with Gasteiger partial charge < -0.3 is 9.47 Å². The van der Waals surface area contributed by atoms with Gasteiger partial charge in [-0.2, -0.15) is 8.78 Å². The lowest BCUT2D eigenvalue weighted by Crippen LogP contribution is -2.25. The molecule has 4 fully saturated rings. The first-order valence-corrected chi connectivity index (χ1v) is 20.9. The lowest BCUT2D eigenvalue weighted by molar-refractivity contribution is 0.156. The molecule has 4 aliphatic carbocycles. The second-order valence-electron chi connectivity index (χ2n) is 16.6. The first kappa shape index (κ1) is 40.0. The monoisotopic (exact) mass is 714 g/mol. The van der Waals surface area contributed by atoms with E-state index in [0.29, 0.717) is 17.7 Å². The summed E-state index contributed by atoms with van der Waals surface area (Å²) in [5, 5.41) is 0. The molecule has 0 aromatic heterocycles. The van der Waals surface area contributed by atoms with Gasteiger partial charge in [-0.05, 0) is 154 Å². The molecule has 6 heteroatoms. The van der Waals surface area contributed by atoms with Gasteiger partial charge in [0.2, 0.25) is 11.6 Å². The molecule has 0 bridgehead atoms. The molecule has 0 atom stereocenters. The van der Waals surface area contributed by atoms with Gasteiger partial charge >= 0.3 is 0 Å². The molecule has 0 radical (unpaired) electrons. The van der Waals surface area contributed by atoms with Crippen molar-refractivity contribution in [1.29, 1.82) is 0 Å². The summed E-state index contributed by atoms with van der Waals surface area (Å²) in [6, 6.07) is 6.65. The Morgan fingerprint density at radius 2 is 0.902 bits per heavy atom. The molecule has 286 valence electrons. The molecule has 0 N–H and O–H groups in total. The fraction of sp³-hybridized carbons (Fsp3) is 0.733. The van der Waals surface area contributed by atoms with Crippen LogP contribution < -0.4 is 9.47 Å². The van der Waals surface area contributed by atoms with E-state index in [0.717, 1.165) is 67.6 Å². The molecule has 0 spiro atoms. The first-order chi connectivity index (χ1) is 24.8. The number of hydrogen-bond acceptors (Lipinski definition) is 2. The third kappa shape index (κ3) is 10.3. The van der Waals surface area contributed by atoms with Crippen molar-refractivity contribution >= 4 is 0 Å². The average Bonchev–Trinajstić information content (AvgIpc) is 3.17. The molecule has 0 saturated heterocycles. The van der Waals surface area contributed by atoms with Crippen LogP contribution in [0.5, 0.6) is 11.5 Å². The van der Waals surface area contributed by atoms with Crippen LogP contribution in [0.25, 0.3) is 0 Å². The predicted molar refractivity (Wildman–Crippen MR) is 201 cm³/mol. The summed E-state index contributed by atoms with van der Waals surface area (Å²) in [5.41, 5.74) is 1.10. The van der Waals surface area contributed by atoms with Gasteiger partial charge in [-0.3, -0.25) is 0 Å². The molecule has 51 heavy (non-hydrogen) atoms. The molecule has 4 aliphatic rings. The fourth-order valence-electron chi connectivity index (χ4n) is 10.4. The quantitative estimate of drug-likeness (QED) is 0.216. The Labute approximate surface area is 306 Å². The van der Waals surface area contributed by atoms with E-state index in [-0.39, 0.29) is 23.3 Å². The van der Waals surface area contributed by atoms with E-state index in [9.17, 15) is 17.6 Å². The number of ether oxygens (including phenoxy) is 2. The van der Waals surface area contributed by atoms with E-state index in [1.54, 1.807) is 24.3 Å². The van der Waals surface area contributed by atoms with Crippen LogP contribution in [0.1, 0.15) is 172 Å². The minimum absolute atomic E-state index is 0.00113. The lowest BCUT2D eigenvalue weighted by Gasteiger charge is -2.38. The van der Waals surface area contributed by atoms with E-state index >= 15 is 0 Å². The van der Waals surface area contributed by atoms with E-state index < -0.39 is 23.3 Å². The van der Waals surface area contributed by atoms with E-state index in [2.05, 4.69) is 13.8 Å². The number of halogens is 4. The third-order valence-corrected chi connectivity index (χ3v) is 13.6. The van der Waals surface area contributed by atoms with Gasteiger partial charge in [0.05, 0.1) is 13.7 Å². The maximum atomic E-state index is 14.6. The average molecular weight is 715 g/mol. The standard InChI is InChI=1S/C23H34F2O.C22H32F2O/c1-3-15-26-21-14-13-20(22(24)23(21)25)19-11-9-18(10-12-19)17-7-5-16(4-2)6-8-17;1-3-4-15-5-7-16(8-6-15)17-9-11-18(12-10-17)19-13-14-20(25-2)22(24)21(19)23/h13-14,16-19H,3-12,15H2,1-2H3;13-18H,3-12H2,1-2H3. The summed E-state index contributed by atoms with van der Waals surface area (Å²) < 4.78 is 67.3. The van der Waals surface area contributed by atoms with Gasteiger partial charge in [0.15, 0.2) is 23.1 Å².